The van der Waals surface area contributed by atoms with E-state index in [1.807, 2.05) is 195 Å². The van der Waals surface area contributed by atoms with Crippen molar-refractivity contribution in [1.82, 2.24) is 57.4 Å². The maximum Gasteiger partial charge on any atom is 0.213 e. The topological polar surface area (TPSA) is 148 Å². The lowest BCUT2D eigenvalue weighted by molar-refractivity contribution is 0.180. The van der Waals surface area contributed by atoms with Crippen molar-refractivity contribution in [1.29, 1.82) is 0 Å². The number of hydrogen-bond acceptors (Lipinski definition) is 12. The van der Waals surface area contributed by atoms with E-state index in [0.29, 0.717) is 30.9 Å². The number of rotatable bonds is 18. The van der Waals surface area contributed by atoms with E-state index >= 15 is 0 Å². The second-order valence-electron chi connectivity index (χ2n) is 25.5. The molecule has 0 N–H and O–H groups in total. The summed E-state index contributed by atoms with van der Waals surface area (Å²) in [6, 6.07) is 87.7. The molecule has 11 aromatic heterocycles. The molecule has 1 aliphatic rings. The van der Waals surface area contributed by atoms with Gasteiger partial charge in [0.2, 0.25) is 17.6 Å². The molecule has 0 radical (unpaired) electrons. The molecule has 0 spiro atoms. The standard InChI is InChI=1S/C25H26N4O.C25H18N2O.C21H19N3O.C19H15N3O/c1-3-7-20(8-4-1)23-19-26-24-17-21(11-14-29(23)24)22-9-10-25(27-18-22)30-16-15-28-12-5-2-6-13-28;1-3-7-20(8-4-1)24-18-26-25-17-21(15-16-27(24)25)19-11-13-23(14-12-19)28-22-9-5-2-6-10-22;1-2-12-25-21-9-8-18(14-23-21)17-10-11-24-19(15-22-20(24)13-17)16-6-4-3-5-7-16;1-23-19-8-7-16(12-21-19)15-9-10-22-17(13-20-18(22)11-15)14-5-3-2-4-6-14/h1,3-4,7-11,14,17-19H,2,5-6,12-13,15-16H2;1-18H;3-11,13-15H,2,12H2,1H3;2-13H,1H3. The van der Waals surface area contributed by atoms with Gasteiger partial charge in [0.05, 0.1) is 61.3 Å². The molecular formula is C90H78N12O4. The fourth-order valence-electron chi connectivity index (χ4n) is 12.9. The van der Waals surface area contributed by atoms with Crippen LogP contribution in [0.5, 0.6) is 29.1 Å². The molecule has 106 heavy (non-hydrogen) atoms. The van der Waals surface area contributed by atoms with Crippen LogP contribution in [0.3, 0.4) is 0 Å². The third-order valence-corrected chi connectivity index (χ3v) is 18.5. The number of benzene rings is 6. The minimum atomic E-state index is 0.613. The molecular weight excluding hydrogens is 1310 g/mol. The normalized spacial score (nSPS) is 12.0. The van der Waals surface area contributed by atoms with Crippen molar-refractivity contribution in [3.8, 4) is 119 Å². The predicted octanol–water partition coefficient (Wildman–Crippen LogP) is 20.3. The summed E-state index contributed by atoms with van der Waals surface area (Å²) in [5.41, 5.74) is 21.3. The van der Waals surface area contributed by atoms with E-state index in [0.717, 1.165) is 137 Å². The highest BCUT2D eigenvalue weighted by Crippen LogP contribution is 2.32. The largest absolute Gasteiger partial charge is 0.481 e. The molecule has 0 bridgehead atoms. The van der Waals surface area contributed by atoms with Crippen molar-refractivity contribution >= 4 is 22.6 Å². The Kier molecular flexibility index (Phi) is 21.4. The first kappa shape index (κ1) is 68.5. The van der Waals surface area contributed by atoms with Gasteiger partial charge in [0, 0.05) is 107 Å². The fourth-order valence-corrected chi connectivity index (χ4v) is 12.9. The molecule has 16 nitrogen and oxygen atoms in total. The summed E-state index contributed by atoms with van der Waals surface area (Å²) in [7, 11) is 1.61. The summed E-state index contributed by atoms with van der Waals surface area (Å²) in [5.74, 6) is 3.62. The van der Waals surface area contributed by atoms with Crippen molar-refractivity contribution in [2.45, 2.75) is 32.6 Å². The first-order valence-corrected chi connectivity index (χ1v) is 35.8. The van der Waals surface area contributed by atoms with Crippen LogP contribution in [-0.2, 0) is 0 Å². The average molecular weight is 1390 g/mol. The molecule has 0 amide bonds. The van der Waals surface area contributed by atoms with Gasteiger partial charge >= 0.3 is 0 Å². The maximum atomic E-state index is 5.88. The van der Waals surface area contributed by atoms with Crippen LogP contribution < -0.4 is 18.9 Å². The van der Waals surface area contributed by atoms with Crippen LogP contribution in [0.15, 0.2) is 329 Å². The predicted molar refractivity (Wildman–Crippen MR) is 422 cm³/mol. The first-order valence-electron chi connectivity index (χ1n) is 35.8. The van der Waals surface area contributed by atoms with Crippen molar-refractivity contribution in [3.05, 3.63) is 329 Å². The van der Waals surface area contributed by atoms with Crippen molar-refractivity contribution in [3.63, 3.8) is 0 Å². The maximum absolute atomic E-state index is 5.88. The number of para-hydroxylation sites is 1. The van der Waals surface area contributed by atoms with E-state index < -0.39 is 0 Å². The van der Waals surface area contributed by atoms with Gasteiger partial charge in [0.15, 0.2) is 0 Å². The van der Waals surface area contributed by atoms with Crippen LogP contribution >= 0.6 is 0 Å². The number of fused-ring (bicyclic) bond motifs is 4. The lowest BCUT2D eigenvalue weighted by Crippen LogP contribution is -2.33. The van der Waals surface area contributed by atoms with E-state index in [9.17, 15) is 0 Å². The van der Waals surface area contributed by atoms with Gasteiger partial charge < -0.3 is 18.9 Å². The zero-order chi connectivity index (χ0) is 71.6. The lowest BCUT2D eigenvalue weighted by atomic mass is 10.1. The molecule has 522 valence electrons. The summed E-state index contributed by atoms with van der Waals surface area (Å²) >= 11 is 0. The molecule has 6 aromatic carbocycles. The van der Waals surface area contributed by atoms with Crippen molar-refractivity contribution in [2.24, 2.45) is 0 Å². The molecule has 16 heteroatoms. The van der Waals surface area contributed by atoms with Gasteiger partial charge in [-0.25, -0.2) is 34.9 Å². The number of ether oxygens (including phenoxy) is 4. The van der Waals surface area contributed by atoms with Gasteiger partial charge in [0.1, 0.15) is 40.7 Å². The Labute approximate surface area is 615 Å². The summed E-state index contributed by atoms with van der Waals surface area (Å²) < 4.78 is 30.8. The summed E-state index contributed by atoms with van der Waals surface area (Å²) in [4.78, 5) is 33.9. The number of aromatic nitrogens is 11. The minimum Gasteiger partial charge on any atom is -0.481 e. The first-order chi connectivity index (χ1) is 52.4. The quantitative estimate of drug-likeness (QED) is 0.0805. The number of likely N-dealkylation sites (tertiary alicyclic amines) is 1. The van der Waals surface area contributed by atoms with Crippen molar-refractivity contribution in [2.75, 3.05) is 40.0 Å². The second-order valence-corrected chi connectivity index (χ2v) is 25.5. The van der Waals surface area contributed by atoms with Crippen LogP contribution in [0.4, 0.5) is 0 Å². The molecule has 1 saturated heterocycles. The summed E-state index contributed by atoms with van der Waals surface area (Å²) in [6.45, 7) is 6.82. The Morgan fingerprint density at radius 1 is 0.292 bits per heavy atom. The van der Waals surface area contributed by atoms with Crippen molar-refractivity contribution < 1.29 is 18.9 Å². The molecule has 0 saturated carbocycles. The number of imidazole rings is 4. The van der Waals surface area contributed by atoms with E-state index in [-0.39, 0.29) is 0 Å². The lowest BCUT2D eigenvalue weighted by Gasteiger charge is -2.26. The van der Waals surface area contributed by atoms with Crippen LogP contribution in [-0.4, -0.2) is 97.3 Å². The Balaban J connectivity index is 0.000000114. The monoisotopic (exact) mass is 1390 g/mol. The molecule has 0 unspecified atom stereocenters. The van der Waals surface area contributed by atoms with E-state index in [1.165, 1.54) is 32.4 Å². The van der Waals surface area contributed by atoms with Crippen LogP contribution in [0.1, 0.15) is 32.6 Å². The molecule has 18 rings (SSSR count). The number of hydrogen-bond donors (Lipinski definition) is 0. The zero-order valence-corrected chi connectivity index (χ0v) is 59.0. The zero-order valence-electron chi connectivity index (χ0n) is 59.0. The number of methoxy groups -OCH3 is 1. The highest BCUT2D eigenvalue weighted by atomic mass is 16.5. The third-order valence-electron chi connectivity index (χ3n) is 18.5. The molecule has 12 heterocycles. The van der Waals surface area contributed by atoms with Gasteiger partial charge in [0.25, 0.3) is 0 Å². The highest BCUT2D eigenvalue weighted by molar-refractivity contribution is 5.75. The average Bonchev–Trinajstić information content (AvgIpc) is 1.64. The SMILES string of the molecule is CCCOc1ccc(-c2ccn3c(-c4ccccc4)cnc3c2)cn1.COc1ccc(-c2ccn3c(-c4ccccc4)cnc3c2)cn1.c1ccc(-c2cnc3cc(-c4ccc(OCCN5CCCCC5)nc4)ccn23)cc1.c1ccc(Oc2ccc(-c3ccn4c(-c5ccccc5)cnc4c3)cc2)cc1. The minimum absolute atomic E-state index is 0.613. The number of pyridine rings is 7. The molecule has 17 aromatic rings. The smallest absolute Gasteiger partial charge is 0.213 e. The molecule has 1 fully saturated rings. The fraction of sp³-hybridized carbons (Fsp3) is 0.122. The van der Waals surface area contributed by atoms with E-state index in [4.69, 9.17) is 18.9 Å². The van der Waals surface area contributed by atoms with Crippen LogP contribution in [0.2, 0.25) is 0 Å². The summed E-state index contributed by atoms with van der Waals surface area (Å²) in [5, 5.41) is 0. The molecule has 0 atom stereocenters. The molecule has 1 aliphatic heterocycles. The Hall–Kier alpha value is -13.3. The van der Waals surface area contributed by atoms with E-state index in [1.54, 1.807) is 7.11 Å². The number of piperidine rings is 1. The third kappa shape index (κ3) is 16.4. The molecule has 0 aliphatic carbocycles. The van der Waals surface area contributed by atoms with Crippen LogP contribution in [0, 0.1) is 0 Å². The van der Waals surface area contributed by atoms with E-state index in [2.05, 4.69) is 198 Å². The number of nitrogens with zero attached hydrogens (tertiary/aromatic N) is 12. The van der Waals surface area contributed by atoms with Gasteiger partial charge in [-0.2, -0.15) is 0 Å². The van der Waals surface area contributed by atoms with Gasteiger partial charge in [-0.15, -0.1) is 0 Å². The highest BCUT2D eigenvalue weighted by Gasteiger charge is 2.15. The second kappa shape index (κ2) is 33.2. The Morgan fingerprint density at radius 2 is 0.623 bits per heavy atom. The summed E-state index contributed by atoms with van der Waals surface area (Å²) in [6.07, 6.45) is 26.4. The Morgan fingerprint density at radius 3 is 0.972 bits per heavy atom. The van der Waals surface area contributed by atoms with Gasteiger partial charge in [-0.1, -0.05) is 165 Å². The van der Waals surface area contributed by atoms with Crippen LogP contribution in [0.25, 0.3) is 112 Å². The van der Waals surface area contributed by atoms with Gasteiger partial charge in [-0.3, -0.25) is 22.5 Å². The van der Waals surface area contributed by atoms with Gasteiger partial charge in [-0.05, 0) is 151 Å². The Bertz CT molecular complexity index is 5640.